The molecule has 0 N–H and O–H groups in total. The van der Waals surface area contributed by atoms with Crippen molar-refractivity contribution in [1.82, 2.24) is 0 Å². The summed E-state index contributed by atoms with van der Waals surface area (Å²) in [6, 6.07) is 49.4. The van der Waals surface area contributed by atoms with Crippen molar-refractivity contribution in [2.24, 2.45) is 0 Å². The highest BCUT2D eigenvalue weighted by molar-refractivity contribution is 7.73. The second-order valence-corrected chi connectivity index (χ2v) is 13.9. The molecule has 5 aromatic rings. The van der Waals surface area contributed by atoms with E-state index in [9.17, 15) is 0 Å². The van der Waals surface area contributed by atoms with Gasteiger partial charge in [-0.1, -0.05) is 121 Å². The standard InChI is InChI=1S/C35H34O2P2/c1-29-28-30(36-24-26-38(31-14-6-2-7-15-31)32-16-8-3-9-17-32)22-23-35(29)37-25-27-39(33-18-10-4-11-19-33)34-20-12-5-13-21-34/h2-23,28H,24-27H2,1H3. The molecule has 39 heavy (non-hydrogen) atoms. The molecule has 4 heteroatoms. The Hall–Kier alpha value is -3.44. The smallest absolute Gasteiger partial charge is 0.122 e. The third-order valence-corrected chi connectivity index (χ3v) is 11.5. The lowest BCUT2D eigenvalue weighted by Crippen LogP contribution is -2.17. The molecule has 0 aromatic heterocycles. The average molecular weight is 549 g/mol. The third-order valence-electron chi connectivity index (χ3n) is 6.57. The maximum Gasteiger partial charge on any atom is 0.122 e. The molecule has 0 amide bonds. The summed E-state index contributed by atoms with van der Waals surface area (Å²) in [6.45, 7) is 3.45. The van der Waals surface area contributed by atoms with Gasteiger partial charge in [-0.3, -0.25) is 0 Å². The van der Waals surface area contributed by atoms with Crippen LogP contribution in [0.5, 0.6) is 11.5 Å². The van der Waals surface area contributed by atoms with Crippen molar-refractivity contribution in [3.63, 3.8) is 0 Å². The van der Waals surface area contributed by atoms with E-state index in [2.05, 4.69) is 140 Å². The minimum atomic E-state index is -0.464. The molecule has 0 fully saturated rings. The van der Waals surface area contributed by atoms with Crippen molar-refractivity contribution < 1.29 is 9.47 Å². The maximum atomic E-state index is 6.29. The molecular formula is C35H34O2P2. The molecule has 0 aliphatic carbocycles. The van der Waals surface area contributed by atoms with Crippen LogP contribution in [0.4, 0.5) is 0 Å². The summed E-state index contributed by atoms with van der Waals surface area (Å²) in [5.74, 6) is 1.82. The fourth-order valence-corrected chi connectivity index (χ4v) is 8.93. The number of benzene rings is 5. The monoisotopic (exact) mass is 548 g/mol. The van der Waals surface area contributed by atoms with Crippen LogP contribution in [0.2, 0.25) is 0 Å². The Bertz CT molecular complexity index is 1330. The Morgan fingerprint density at radius 3 is 1.23 bits per heavy atom. The van der Waals surface area contributed by atoms with Crippen LogP contribution in [0.1, 0.15) is 5.56 Å². The highest BCUT2D eigenvalue weighted by atomic mass is 31.1. The van der Waals surface area contributed by atoms with Crippen LogP contribution < -0.4 is 30.7 Å². The average Bonchev–Trinajstić information content (AvgIpc) is 3.00. The van der Waals surface area contributed by atoms with E-state index in [4.69, 9.17) is 9.47 Å². The Balaban J connectivity index is 1.18. The molecule has 5 rings (SSSR count). The van der Waals surface area contributed by atoms with Gasteiger partial charge in [-0.25, -0.2) is 0 Å². The minimum absolute atomic E-state index is 0.462. The van der Waals surface area contributed by atoms with Crippen LogP contribution in [0, 0.1) is 6.92 Å². The molecule has 196 valence electrons. The summed E-state index contributed by atoms with van der Waals surface area (Å²) in [4.78, 5) is 0. The highest BCUT2D eigenvalue weighted by Crippen LogP contribution is 2.35. The van der Waals surface area contributed by atoms with E-state index in [0.717, 1.165) is 29.4 Å². The summed E-state index contributed by atoms with van der Waals surface area (Å²) in [5, 5.41) is 5.53. The SMILES string of the molecule is Cc1cc(OCCP(c2ccccc2)c2ccccc2)ccc1OCCP(c1ccccc1)c1ccccc1. The molecule has 0 unspecified atom stereocenters. The number of aryl methyl sites for hydroxylation is 1. The van der Waals surface area contributed by atoms with Gasteiger partial charge >= 0.3 is 0 Å². The Kier molecular flexibility index (Phi) is 9.80. The molecule has 0 aliphatic rings. The van der Waals surface area contributed by atoms with Gasteiger partial charge in [-0.05, 0) is 67.7 Å². The zero-order chi connectivity index (χ0) is 26.7. The topological polar surface area (TPSA) is 18.5 Å². The van der Waals surface area contributed by atoms with Crippen LogP contribution in [-0.4, -0.2) is 25.5 Å². The van der Waals surface area contributed by atoms with Gasteiger partial charge in [-0.15, -0.1) is 0 Å². The molecule has 0 saturated carbocycles. The maximum absolute atomic E-state index is 6.29. The second-order valence-electron chi connectivity index (χ2n) is 9.27. The molecular weight excluding hydrogens is 514 g/mol. The van der Waals surface area contributed by atoms with Crippen LogP contribution in [0.3, 0.4) is 0 Å². The van der Waals surface area contributed by atoms with Crippen molar-refractivity contribution in [1.29, 1.82) is 0 Å². The zero-order valence-electron chi connectivity index (χ0n) is 22.3. The number of hydrogen-bond donors (Lipinski definition) is 0. The summed E-state index contributed by atoms with van der Waals surface area (Å²) < 4.78 is 12.5. The molecule has 0 aliphatic heterocycles. The van der Waals surface area contributed by atoms with Gasteiger partial charge in [0.2, 0.25) is 0 Å². The molecule has 0 heterocycles. The van der Waals surface area contributed by atoms with Crippen LogP contribution in [0.25, 0.3) is 0 Å². The number of rotatable bonds is 12. The van der Waals surface area contributed by atoms with E-state index >= 15 is 0 Å². The molecule has 0 saturated heterocycles. The van der Waals surface area contributed by atoms with E-state index in [1.807, 2.05) is 6.07 Å². The summed E-state index contributed by atoms with van der Waals surface area (Å²) in [5.41, 5.74) is 1.10. The van der Waals surface area contributed by atoms with Gasteiger partial charge in [0.15, 0.2) is 0 Å². The molecule has 0 radical (unpaired) electrons. The van der Waals surface area contributed by atoms with E-state index < -0.39 is 15.8 Å². The van der Waals surface area contributed by atoms with E-state index in [1.54, 1.807) is 0 Å². The van der Waals surface area contributed by atoms with Gasteiger partial charge in [0.25, 0.3) is 0 Å². The Labute approximate surface area is 235 Å². The first kappa shape index (κ1) is 27.1. The summed E-state index contributed by atoms with van der Waals surface area (Å²) in [6.07, 6.45) is 1.95. The van der Waals surface area contributed by atoms with Crippen molar-refractivity contribution >= 4 is 37.1 Å². The van der Waals surface area contributed by atoms with Gasteiger partial charge < -0.3 is 9.47 Å². The van der Waals surface area contributed by atoms with Crippen molar-refractivity contribution in [3.8, 4) is 11.5 Å². The second kappa shape index (κ2) is 14.1. The largest absolute Gasteiger partial charge is 0.493 e. The van der Waals surface area contributed by atoms with Crippen molar-refractivity contribution in [2.75, 3.05) is 25.5 Å². The zero-order valence-corrected chi connectivity index (χ0v) is 24.1. The first-order valence-electron chi connectivity index (χ1n) is 13.4. The van der Waals surface area contributed by atoms with Gasteiger partial charge in [0.05, 0.1) is 13.2 Å². The fourth-order valence-electron chi connectivity index (χ4n) is 4.62. The lowest BCUT2D eigenvalue weighted by Gasteiger charge is -2.20. The predicted octanol–water partition coefficient (Wildman–Crippen LogP) is 7.02. The lowest BCUT2D eigenvalue weighted by molar-refractivity contribution is 0.331. The van der Waals surface area contributed by atoms with Gasteiger partial charge in [-0.2, -0.15) is 0 Å². The van der Waals surface area contributed by atoms with Gasteiger partial charge in [0, 0.05) is 12.3 Å². The quantitative estimate of drug-likeness (QED) is 0.156. The van der Waals surface area contributed by atoms with E-state index in [1.165, 1.54) is 21.2 Å². The first-order chi connectivity index (χ1) is 19.3. The first-order valence-corrected chi connectivity index (χ1v) is 16.4. The van der Waals surface area contributed by atoms with Crippen molar-refractivity contribution in [2.45, 2.75) is 6.92 Å². The Morgan fingerprint density at radius 1 is 0.462 bits per heavy atom. The molecule has 2 nitrogen and oxygen atoms in total. The van der Waals surface area contributed by atoms with Crippen LogP contribution in [-0.2, 0) is 0 Å². The molecule has 0 atom stereocenters. The number of hydrogen-bond acceptors (Lipinski definition) is 2. The Morgan fingerprint density at radius 2 is 0.846 bits per heavy atom. The van der Waals surface area contributed by atoms with Crippen LogP contribution >= 0.6 is 15.8 Å². The fraction of sp³-hybridized carbons (Fsp3) is 0.143. The summed E-state index contributed by atoms with van der Waals surface area (Å²) in [7, 11) is -0.926. The minimum Gasteiger partial charge on any atom is -0.493 e. The van der Waals surface area contributed by atoms with E-state index in [-0.39, 0.29) is 0 Å². The van der Waals surface area contributed by atoms with E-state index in [0.29, 0.717) is 13.2 Å². The molecule has 5 aromatic carbocycles. The third kappa shape index (κ3) is 7.57. The predicted molar refractivity (Wildman–Crippen MR) is 170 cm³/mol. The van der Waals surface area contributed by atoms with Crippen molar-refractivity contribution in [3.05, 3.63) is 145 Å². The normalized spacial score (nSPS) is 11.1. The van der Waals surface area contributed by atoms with Crippen LogP contribution in [0.15, 0.2) is 140 Å². The van der Waals surface area contributed by atoms with Gasteiger partial charge in [0.1, 0.15) is 11.5 Å². The molecule has 0 bridgehead atoms. The lowest BCUT2D eigenvalue weighted by atomic mass is 10.2. The molecule has 0 spiro atoms. The summed E-state index contributed by atoms with van der Waals surface area (Å²) >= 11 is 0. The highest BCUT2D eigenvalue weighted by Gasteiger charge is 2.15. The number of ether oxygens (including phenoxy) is 2.